The molecule has 2 fully saturated rings. The molecule has 0 spiro atoms. The number of amides is 1. The molecular formula is C30H45BN7O2. The van der Waals surface area contributed by atoms with Crippen molar-refractivity contribution in [2.24, 2.45) is 0 Å². The molecule has 3 heterocycles. The van der Waals surface area contributed by atoms with E-state index in [1.807, 2.05) is 40.9 Å². The van der Waals surface area contributed by atoms with E-state index in [2.05, 4.69) is 61.1 Å². The van der Waals surface area contributed by atoms with Crippen LogP contribution in [0.25, 0.3) is 0 Å². The van der Waals surface area contributed by atoms with E-state index in [1.165, 1.54) is 24.1 Å². The molecule has 4 aliphatic rings. The number of anilines is 1. The van der Waals surface area contributed by atoms with Gasteiger partial charge in [-0.15, -0.1) is 0 Å². The Balaban J connectivity index is 1.13. The summed E-state index contributed by atoms with van der Waals surface area (Å²) in [5, 5.41) is 10.7. The molecule has 3 aliphatic heterocycles. The molecule has 2 atom stereocenters. The zero-order valence-corrected chi connectivity index (χ0v) is 24.7. The van der Waals surface area contributed by atoms with Gasteiger partial charge >= 0.3 is 134 Å². The number of hydrogen-bond donors (Lipinski definition) is 3. The number of carbonyl (C=O) groups excluding carboxylic acids is 1. The van der Waals surface area contributed by atoms with Crippen molar-refractivity contribution in [1.29, 1.82) is 0 Å². The second-order valence-corrected chi connectivity index (χ2v) is 12.5. The van der Waals surface area contributed by atoms with Gasteiger partial charge in [0, 0.05) is 31.9 Å². The summed E-state index contributed by atoms with van der Waals surface area (Å²) < 4.78 is 5.85. The molecule has 5 rings (SSSR count). The number of hydrogen-bond acceptors (Lipinski definition) is 8. The van der Waals surface area contributed by atoms with Crippen LogP contribution in [0.1, 0.15) is 52.0 Å². The molecule has 1 amide bonds. The second-order valence-electron chi connectivity index (χ2n) is 12.5. The van der Waals surface area contributed by atoms with Crippen LogP contribution in [0.4, 0.5) is 5.69 Å². The average Bonchev–Trinajstić information content (AvgIpc) is 3.58. The van der Waals surface area contributed by atoms with Gasteiger partial charge in [0.2, 0.25) is 0 Å². The predicted octanol–water partition coefficient (Wildman–Crippen LogP) is 1.89. The standard InChI is InChI=1S/C30H45BN7O2/c1-30(2,3)40-28(31)37-16-14-36(15-17-37)23-12-10-21(11-13-23)19-32-29-33-20-22-18-25(27(39)35(4)5)38(26(22)34-29)24-8-6-7-9-24/h10-13,18,20,24,26,29,32-34H,6-9,14-17,19H2,1-5H3. The Morgan fingerprint density at radius 1 is 1.10 bits per heavy atom. The van der Waals surface area contributed by atoms with Crippen LogP contribution >= 0.6 is 0 Å². The van der Waals surface area contributed by atoms with E-state index < -0.39 is 0 Å². The molecule has 1 aliphatic carbocycles. The van der Waals surface area contributed by atoms with E-state index in [9.17, 15) is 4.79 Å². The summed E-state index contributed by atoms with van der Waals surface area (Å²) in [5.41, 5.74) is 4.06. The third kappa shape index (κ3) is 6.49. The van der Waals surface area contributed by atoms with E-state index >= 15 is 0 Å². The first kappa shape index (κ1) is 28.5. The van der Waals surface area contributed by atoms with Gasteiger partial charge in [0.1, 0.15) is 11.9 Å². The fourth-order valence-corrected chi connectivity index (χ4v) is 6.01. The first-order chi connectivity index (χ1) is 19.1. The van der Waals surface area contributed by atoms with Crippen LogP contribution in [0, 0.1) is 0 Å². The Hall–Kier alpha value is -2.98. The molecule has 1 radical (unpaired) electrons. The molecule has 2 unspecified atom stereocenters. The van der Waals surface area contributed by atoms with Crippen LogP contribution in [-0.2, 0) is 16.1 Å². The zero-order valence-electron chi connectivity index (χ0n) is 24.7. The van der Waals surface area contributed by atoms with Crippen molar-refractivity contribution in [3.8, 4) is 0 Å². The van der Waals surface area contributed by atoms with Gasteiger partial charge in [-0.3, -0.25) is 10.1 Å². The summed E-state index contributed by atoms with van der Waals surface area (Å²) in [6, 6.07) is 9.18. The summed E-state index contributed by atoms with van der Waals surface area (Å²) in [5.74, 6) is 0.579. The monoisotopic (exact) mass is 546 g/mol. The first-order valence-electron chi connectivity index (χ1n) is 14.7. The molecule has 3 N–H and O–H groups in total. The van der Waals surface area contributed by atoms with Crippen molar-refractivity contribution in [2.45, 2.75) is 77.1 Å². The van der Waals surface area contributed by atoms with Gasteiger partial charge in [-0.1, -0.05) is 12.8 Å². The zero-order chi connectivity index (χ0) is 28.4. The molecule has 0 bridgehead atoms. The quantitative estimate of drug-likeness (QED) is 0.427. The van der Waals surface area contributed by atoms with E-state index in [1.54, 1.807) is 4.90 Å². The number of rotatable bonds is 8. The van der Waals surface area contributed by atoms with Gasteiger partial charge in [-0.2, -0.15) is 0 Å². The molecule has 1 saturated heterocycles. The van der Waals surface area contributed by atoms with Crippen LogP contribution in [0.3, 0.4) is 0 Å². The number of nitrogens with one attached hydrogen (secondary N) is 3. The van der Waals surface area contributed by atoms with Crippen LogP contribution in [0.2, 0.25) is 0 Å². The Morgan fingerprint density at radius 2 is 1.77 bits per heavy atom. The number of likely N-dealkylation sites (N-methyl/N-ethyl adjacent to an activating group) is 1. The molecule has 9 nitrogen and oxygen atoms in total. The van der Waals surface area contributed by atoms with Gasteiger partial charge in [0.25, 0.3) is 5.91 Å². The second kappa shape index (κ2) is 11.9. The third-order valence-corrected chi connectivity index (χ3v) is 8.07. The number of nitrogens with zero attached hydrogens (tertiary/aromatic N) is 4. The first-order valence-corrected chi connectivity index (χ1v) is 14.7. The molecule has 1 aromatic rings. The number of fused-ring (bicyclic) bond motifs is 1. The van der Waals surface area contributed by atoms with Crippen molar-refractivity contribution >= 4 is 24.9 Å². The van der Waals surface area contributed by atoms with E-state index in [-0.39, 0.29) is 24.0 Å². The van der Waals surface area contributed by atoms with Gasteiger partial charge < -0.3 is 15.1 Å². The number of piperazine rings is 1. The summed E-state index contributed by atoms with van der Waals surface area (Å²) in [4.78, 5) is 21.5. The molecule has 10 heteroatoms. The van der Waals surface area contributed by atoms with Crippen molar-refractivity contribution in [3.63, 3.8) is 0 Å². The van der Waals surface area contributed by atoms with Gasteiger partial charge in [0.05, 0.1) is 0 Å². The summed E-state index contributed by atoms with van der Waals surface area (Å²) in [6.07, 6.45) is 8.71. The summed E-state index contributed by atoms with van der Waals surface area (Å²) in [7, 11) is 9.84. The summed E-state index contributed by atoms with van der Waals surface area (Å²) in [6.45, 7) is 10.3. The van der Waals surface area contributed by atoms with E-state index in [4.69, 9.17) is 12.2 Å². The SMILES string of the molecule is [B]=C(OC(C)(C)C)N1CCN(c2ccc(CNC3NC=C4C=C(C(=O)N(C)C)N(C5CCCC5)C4N3)cc2)CC1. The van der Waals surface area contributed by atoms with Crippen molar-refractivity contribution < 1.29 is 9.53 Å². The molecule has 215 valence electrons. The Kier molecular flexibility index (Phi) is 8.47. The van der Waals surface area contributed by atoms with Gasteiger partial charge in [-0.25, -0.2) is 0 Å². The topological polar surface area (TPSA) is 75.4 Å². The van der Waals surface area contributed by atoms with Gasteiger partial charge in [0.15, 0.2) is 0 Å². The maximum atomic E-state index is 13.0. The van der Waals surface area contributed by atoms with E-state index in [0.29, 0.717) is 11.8 Å². The molecule has 1 aromatic carbocycles. The van der Waals surface area contributed by atoms with Crippen LogP contribution in [0.15, 0.2) is 47.8 Å². The minimum absolute atomic E-state index is 0.00173. The molecular weight excluding hydrogens is 501 g/mol. The Bertz CT molecular complexity index is 1130. The average molecular weight is 547 g/mol. The normalized spacial score (nSPS) is 23.4. The molecule has 1 saturated carbocycles. The minimum atomic E-state index is -0.288. The number of ether oxygens (including phenoxy) is 1. The Morgan fingerprint density at radius 3 is 2.40 bits per heavy atom. The fraction of sp³-hybridized carbons (Fsp3) is 0.600. The number of carbonyl (C=O) groups is 1. The van der Waals surface area contributed by atoms with Crippen molar-refractivity contribution in [1.82, 2.24) is 30.7 Å². The van der Waals surface area contributed by atoms with E-state index in [0.717, 1.165) is 56.8 Å². The van der Waals surface area contributed by atoms with Gasteiger partial charge in [-0.05, 0) is 18.9 Å². The number of benzene rings is 1. The van der Waals surface area contributed by atoms with Crippen LogP contribution < -0.4 is 20.9 Å². The Labute approximate surface area is 240 Å². The van der Waals surface area contributed by atoms with Crippen molar-refractivity contribution in [2.75, 3.05) is 45.2 Å². The van der Waals surface area contributed by atoms with Crippen LogP contribution in [0.5, 0.6) is 0 Å². The molecule has 0 aromatic heterocycles. The predicted molar refractivity (Wildman–Crippen MR) is 161 cm³/mol. The van der Waals surface area contributed by atoms with Crippen molar-refractivity contribution in [3.05, 3.63) is 53.4 Å². The molecule has 40 heavy (non-hydrogen) atoms. The van der Waals surface area contributed by atoms with Crippen LogP contribution in [-0.4, -0.2) is 98.2 Å². The third-order valence-electron chi connectivity index (χ3n) is 8.07. The summed E-state index contributed by atoms with van der Waals surface area (Å²) >= 11 is 0. The fourth-order valence-electron chi connectivity index (χ4n) is 6.01. The maximum absolute atomic E-state index is 13.0.